The fourth-order valence-corrected chi connectivity index (χ4v) is 15.7. The first-order valence-electron chi connectivity index (χ1n) is 45.3. The third-order valence-corrected chi connectivity index (χ3v) is 22.8. The molecule has 0 aromatic carbocycles. The first-order valence-corrected chi connectivity index (χ1v) is 45.3. The molecule has 0 radical (unpaired) electrons. The van der Waals surface area contributed by atoms with Gasteiger partial charge in [0.25, 0.3) is 0 Å². The van der Waals surface area contributed by atoms with Crippen LogP contribution < -0.4 is 5.32 Å². The first kappa shape index (κ1) is 97.1. The molecule has 14 nitrogen and oxygen atoms in total. The van der Waals surface area contributed by atoms with Crippen molar-refractivity contribution in [2.24, 2.45) is 0 Å². The van der Waals surface area contributed by atoms with E-state index in [0.29, 0.717) is 12.8 Å². The van der Waals surface area contributed by atoms with Crippen LogP contribution in [0.3, 0.4) is 0 Å². The molecule has 2 saturated heterocycles. The highest BCUT2D eigenvalue weighted by Crippen LogP contribution is 2.31. The molecule has 0 spiro atoms. The number of hydrogen-bond donors (Lipinski definition) is 9. The van der Waals surface area contributed by atoms with Crippen molar-refractivity contribution >= 4 is 5.91 Å². The van der Waals surface area contributed by atoms with Crippen molar-refractivity contribution in [3.8, 4) is 0 Å². The predicted molar refractivity (Wildman–Crippen MR) is 425 cm³/mol. The number of unbranched alkanes of at least 4 members (excludes halogenated alkanes) is 66. The van der Waals surface area contributed by atoms with Gasteiger partial charge in [-0.25, -0.2) is 0 Å². The van der Waals surface area contributed by atoms with E-state index < -0.39 is 86.8 Å². The topological polar surface area (TPSA) is 228 Å². The molecule has 1 amide bonds. The second kappa shape index (κ2) is 72.8. The fraction of sp³-hybridized carbons (Fsp3) is 0.989. The van der Waals surface area contributed by atoms with Crippen LogP contribution in [0.1, 0.15) is 463 Å². The summed E-state index contributed by atoms with van der Waals surface area (Å²) in [6.07, 6.45) is 76.2. The molecule has 2 fully saturated rings. The lowest BCUT2D eigenvalue weighted by Gasteiger charge is -2.46. The van der Waals surface area contributed by atoms with Crippen LogP contribution in [-0.2, 0) is 23.7 Å². The molecule has 0 aromatic heterocycles. The van der Waals surface area contributed by atoms with E-state index >= 15 is 0 Å². The number of carbonyl (C=O) groups is 1. The molecule has 0 aromatic rings. The van der Waals surface area contributed by atoms with Gasteiger partial charge in [-0.1, -0.05) is 444 Å². The zero-order valence-electron chi connectivity index (χ0n) is 67.2. The van der Waals surface area contributed by atoms with E-state index in [2.05, 4.69) is 19.2 Å². The van der Waals surface area contributed by atoms with Crippen molar-refractivity contribution in [1.29, 1.82) is 0 Å². The van der Waals surface area contributed by atoms with Gasteiger partial charge in [-0.3, -0.25) is 4.79 Å². The van der Waals surface area contributed by atoms with Crippen LogP contribution in [0.4, 0.5) is 0 Å². The van der Waals surface area contributed by atoms with Gasteiger partial charge in [-0.05, 0) is 12.8 Å². The summed E-state index contributed by atoms with van der Waals surface area (Å²) < 4.78 is 23.0. The highest BCUT2D eigenvalue weighted by molar-refractivity contribution is 5.76. The minimum atomic E-state index is -1.78. The maximum absolute atomic E-state index is 13.4. The molecule has 12 atom stereocenters. The lowest BCUT2D eigenvalue weighted by molar-refractivity contribution is -0.359. The average Bonchev–Trinajstić information content (AvgIpc) is 0.790. The standard InChI is InChI=1S/C88H173NO13/c1-3-5-7-9-11-13-15-17-19-21-23-25-27-29-31-33-34-35-36-37-38-39-40-41-42-44-46-48-50-52-54-56-58-60-62-64-66-68-70-72-80(93)89-76(75-99-87-85(98)83(96)86(79(74-91)101-87)102-88-84(97)82(95)81(94)78(73-90)100-88)77(92)71-69-67-65-63-61-59-57-55-53-51-49-47-45-43-32-30-28-26-24-22-20-18-16-14-12-10-8-6-4-2/h76-79,81-88,90-92,94-98H,3-75H2,1-2H3,(H,89,93). The van der Waals surface area contributed by atoms with E-state index in [9.17, 15) is 45.6 Å². The smallest absolute Gasteiger partial charge is 0.220 e. The summed E-state index contributed by atoms with van der Waals surface area (Å²) in [5.41, 5.74) is 0. The van der Waals surface area contributed by atoms with Crippen molar-refractivity contribution in [2.45, 2.75) is 537 Å². The molecule has 0 saturated carbocycles. The second-order valence-corrected chi connectivity index (χ2v) is 32.5. The van der Waals surface area contributed by atoms with Crippen molar-refractivity contribution < 1.29 is 64.6 Å². The molecule has 102 heavy (non-hydrogen) atoms. The molecule has 2 aliphatic rings. The van der Waals surface area contributed by atoms with Gasteiger partial charge >= 0.3 is 0 Å². The van der Waals surface area contributed by atoms with Crippen molar-refractivity contribution in [3.63, 3.8) is 0 Å². The van der Waals surface area contributed by atoms with E-state index in [1.165, 1.54) is 385 Å². The summed E-state index contributed by atoms with van der Waals surface area (Å²) in [6, 6.07) is -0.826. The molecular weight excluding hydrogens is 1280 g/mol. The van der Waals surface area contributed by atoms with Crippen LogP contribution >= 0.6 is 0 Å². The maximum Gasteiger partial charge on any atom is 0.220 e. The zero-order valence-corrected chi connectivity index (χ0v) is 67.2. The molecule has 2 aliphatic heterocycles. The Bertz CT molecular complexity index is 1710. The van der Waals surface area contributed by atoms with Crippen LogP contribution in [0, 0.1) is 0 Å². The number of ether oxygens (including phenoxy) is 4. The zero-order chi connectivity index (χ0) is 73.7. The second-order valence-electron chi connectivity index (χ2n) is 32.5. The average molecular weight is 1450 g/mol. The molecule has 9 N–H and O–H groups in total. The van der Waals surface area contributed by atoms with Crippen molar-refractivity contribution in [1.82, 2.24) is 5.32 Å². The molecule has 2 heterocycles. The van der Waals surface area contributed by atoms with Gasteiger partial charge < -0.3 is 65.1 Å². The summed E-state index contributed by atoms with van der Waals surface area (Å²) in [4.78, 5) is 13.4. The molecule has 0 aliphatic carbocycles. The van der Waals surface area contributed by atoms with E-state index in [4.69, 9.17) is 18.9 Å². The van der Waals surface area contributed by atoms with Gasteiger partial charge in [-0.2, -0.15) is 0 Å². The Balaban J connectivity index is 1.54. The summed E-state index contributed by atoms with van der Waals surface area (Å²) in [7, 11) is 0. The van der Waals surface area contributed by atoms with E-state index in [0.717, 1.165) is 51.4 Å². The van der Waals surface area contributed by atoms with Gasteiger partial charge in [-0.15, -0.1) is 0 Å². The van der Waals surface area contributed by atoms with Crippen molar-refractivity contribution in [3.05, 3.63) is 0 Å². The molecule has 608 valence electrons. The van der Waals surface area contributed by atoms with Crippen molar-refractivity contribution in [2.75, 3.05) is 19.8 Å². The Kier molecular flexibility index (Phi) is 69.3. The number of aliphatic hydroxyl groups excluding tert-OH is 8. The first-order chi connectivity index (χ1) is 50.1. The Morgan fingerprint density at radius 1 is 0.314 bits per heavy atom. The molecule has 12 unspecified atom stereocenters. The van der Waals surface area contributed by atoms with Gasteiger partial charge in [0.15, 0.2) is 12.6 Å². The predicted octanol–water partition coefficient (Wildman–Crippen LogP) is 21.8. The monoisotopic (exact) mass is 1450 g/mol. The number of nitrogens with one attached hydrogen (secondary N) is 1. The summed E-state index contributed by atoms with van der Waals surface area (Å²) in [5, 5.41) is 88.0. The summed E-state index contributed by atoms with van der Waals surface area (Å²) in [6.45, 7) is 2.96. The van der Waals surface area contributed by atoms with Gasteiger partial charge in [0.2, 0.25) is 5.91 Å². The Morgan fingerprint density at radius 3 is 0.833 bits per heavy atom. The highest BCUT2D eigenvalue weighted by Gasteiger charge is 2.51. The number of hydrogen-bond acceptors (Lipinski definition) is 13. The van der Waals surface area contributed by atoms with Crippen LogP contribution in [0.2, 0.25) is 0 Å². The third kappa shape index (κ3) is 54.6. The Labute approximate surface area is 629 Å². The Morgan fingerprint density at radius 2 is 0.559 bits per heavy atom. The number of amides is 1. The van der Waals surface area contributed by atoms with Crippen LogP contribution in [0.5, 0.6) is 0 Å². The normalized spacial score (nSPS) is 21.5. The van der Waals surface area contributed by atoms with E-state index in [1.54, 1.807) is 0 Å². The highest BCUT2D eigenvalue weighted by atomic mass is 16.7. The van der Waals surface area contributed by atoms with Crippen LogP contribution in [-0.4, -0.2) is 140 Å². The number of carbonyl (C=O) groups excluding carboxylic acids is 1. The molecule has 0 bridgehead atoms. The summed E-state index contributed by atoms with van der Waals surface area (Å²) >= 11 is 0. The lowest BCUT2D eigenvalue weighted by atomic mass is 9.97. The third-order valence-electron chi connectivity index (χ3n) is 22.8. The minimum absolute atomic E-state index is 0.193. The Hall–Kier alpha value is -1.01. The minimum Gasteiger partial charge on any atom is -0.394 e. The molecular formula is C88H173NO13. The largest absolute Gasteiger partial charge is 0.394 e. The van der Waals surface area contributed by atoms with Gasteiger partial charge in [0.1, 0.15) is 48.8 Å². The molecule has 14 heteroatoms. The quantitative estimate of drug-likeness (QED) is 0.0259. The molecule has 2 rings (SSSR count). The fourth-order valence-electron chi connectivity index (χ4n) is 15.7. The number of rotatable bonds is 79. The van der Waals surface area contributed by atoms with Crippen LogP contribution in [0.25, 0.3) is 0 Å². The van der Waals surface area contributed by atoms with Gasteiger partial charge in [0.05, 0.1) is 32.0 Å². The SMILES string of the molecule is CCCCCCCCCCCCCCCCCCCCCCCCCCCCCCCCCCCCCCCCCC(=O)NC(COC1OC(CO)C(OC2OC(CO)C(O)C(O)C2O)C(O)C1O)C(O)CCCCCCCCCCCCCCCCCCCCCCCCCCCCCCC. The van der Waals surface area contributed by atoms with Gasteiger partial charge in [0, 0.05) is 6.42 Å². The van der Waals surface area contributed by atoms with E-state index in [1.807, 2.05) is 0 Å². The number of aliphatic hydroxyl groups is 8. The van der Waals surface area contributed by atoms with Crippen LogP contribution in [0.15, 0.2) is 0 Å². The maximum atomic E-state index is 13.4. The van der Waals surface area contributed by atoms with E-state index in [-0.39, 0.29) is 12.5 Å². The summed E-state index contributed by atoms with van der Waals surface area (Å²) in [5.74, 6) is -0.193. The lowest BCUT2D eigenvalue weighted by Crippen LogP contribution is -2.65.